The van der Waals surface area contributed by atoms with Gasteiger partial charge in [0.15, 0.2) is 5.78 Å². The molecule has 0 spiro atoms. The standard InChI is InChI=1S/C20H21NO/c1-14(16-11-12-17(13-16)21(2)3)20(22)19-10-6-8-15-7-4-5-9-18(15)19/h4-10,12-14H,11H2,1-3H3. The van der Waals surface area contributed by atoms with E-state index in [9.17, 15) is 4.79 Å². The predicted molar refractivity (Wildman–Crippen MR) is 91.9 cm³/mol. The fraction of sp³-hybridized carbons (Fsp3) is 0.250. The third-order valence-electron chi connectivity index (χ3n) is 4.40. The minimum Gasteiger partial charge on any atom is -0.378 e. The molecule has 0 N–H and O–H groups in total. The van der Waals surface area contributed by atoms with Gasteiger partial charge in [-0.05, 0) is 23.3 Å². The number of fused-ring (bicyclic) bond motifs is 1. The Bertz CT molecular complexity index is 778. The topological polar surface area (TPSA) is 20.3 Å². The van der Waals surface area contributed by atoms with Crippen LogP contribution in [-0.4, -0.2) is 24.8 Å². The number of hydrogen-bond acceptors (Lipinski definition) is 2. The van der Waals surface area contributed by atoms with E-state index in [1.807, 2.05) is 51.4 Å². The number of rotatable bonds is 4. The molecule has 1 atom stereocenters. The van der Waals surface area contributed by atoms with Crippen LogP contribution >= 0.6 is 0 Å². The van der Waals surface area contributed by atoms with Crippen LogP contribution in [0.5, 0.6) is 0 Å². The molecule has 0 saturated heterocycles. The van der Waals surface area contributed by atoms with E-state index < -0.39 is 0 Å². The first-order valence-electron chi connectivity index (χ1n) is 7.68. The van der Waals surface area contributed by atoms with Gasteiger partial charge in [-0.2, -0.15) is 0 Å². The summed E-state index contributed by atoms with van der Waals surface area (Å²) in [7, 11) is 4.06. The largest absolute Gasteiger partial charge is 0.378 e. The SMILES string of the molecule is CC(C(=O)c1cccc2ccccc12)C1=CC(N(C)C)=CC1. The van der Waals surface area contributed by atoms with Crippen LogP contribution in [0.3, 0.4) is 0 Å². The zero-order valence-corrected chi connectivity index (χ0v) is 13.3. The number of benzene rings is 2. The minimum atomic E-state index is -0.0838. The van der Waals surface area contributed by atoms with Crippen molar-refractivity contribution in [2.24, 2.45) is 5.92 Å². The number of carbonyl (C=O) groups excluding carboxylic acids is 1. The lowest BCUT2D eigenvalue weighted by Gasteiger charge is -2.14. The predicted octanol–water partition coefficient (Wildman–Crippen LogP) is 4.43. The highest BCUT2D eigenvalue weighted by molar-refractivity contribution is 6.10. The molecule has 0 radical (unpaired) electrons. The van der Waals surface area contributed by atoms with Crippen molar-refractivity contribution in [2.75, 3.05) is 14.1 Å². The number of Topliss-reactive ketones (excluding diaryl/α,β-unsaturated/α-hetero) is 1. The average Bonchev–Trinajstić information content (AvgIpc) is 3.03. The van der Waals surface area contributed by atoms with Gasteiger partial charge in [0.2, 0.25) is 0 Å². The minimum absolute atomic E-state index is 0.0838. The second-order valence-electron chi connectivity index (χ2n) is 6.06. The first kappa shape index (κ1) is 14.6. The zero-order valence-electron chi connectivity index (χ0n) is 13.3. The maximum atomic E-state index is 12.9. The van der Waals surface area contributed by atoms with Gasteiger partial charge in [-0.3, -0.25) is 4.79 Å². The van der Waals surface area contributed by atoms with Gasteiger partial charge >= 0.3 is 0 Å². The van der Waals surface area contributed by atoms with Crippen LogP contribution in [-0.2, 0) is 0 Å². The highest BCUT2D eigenvalue weighted by Crippen LogP contribution is 2.29. The normalized spacial score (nSPS) is 15.4. The fourth-order valence-electron chi connectivity index (χ4n) is 2.99. The highest BCUT2D eigenvalue weighted by Gasteiger charge is 2.23. The van der Waals surface area contributed by atoms with Crippen LogP contribution in [0.15, 0.2) is 65.9 Å². The Morgan fingerprint density at radius 1 is 1.09 bits per heavy atom. The summed E-state index contributed by atoms with van der Waals surface area (Å²) in [4.78, 5) is 15.0. The van der Waals surface area contributed by atoms with Crippen molar-refractivity contribution in [1.82, 2.24) is 4.90 Å². The number of hydrogen-bond donors (Lipinski definition) is 0. The van der Waals surface area contributed by atoms with Crippen LogP contribution in [0.1, 0.15) is 23.7 Å². The van der Waals surface area contributed by atoms with Crippen molar-refractivity contribution in [1.29, 1.82) is 0 Å². The molecule has 1 aliphatic rings. The van der Waals surface area contributed by atoms with Crippen molar-refractivity contribution in [3.63, 3.8) is 0 Å². The number of carbonyl (C=O) groups is 1. The zero-order chi connectivity index (χ0) is 15.7. The Morgan fingerprint density at radius 2 is 1.82 bits per heavy atom. The molecule has 0 fully saturated rings. The maximum absolute atomic E-state index is 12.9. The van der Waals surface area contributed by atoms with Crippen molar-refractivity contribution in [2.45, 2.75) is 13.3 Å². The van der Waals surface area contributed by atoms with E-state index in [0.29, 0.717) is 0 Å². The van der Waals surface area contributed by atoms with Gasteiger partial charge in [-0.25, -0.2) is 0 Å². The monoisotopic (exact) mass is 291 g/mol. The molecule has 112 valence electrons. The molecule has 0 heterocycles. The third-order valence-corrected chi connectivity index (χ3v) is 4.40. The van der Waals surface area contributed by atoms with Crippen LogP contribution in [0, 0.1) is 5.92 Å². The van der Waals surface area contributed by atoms with Gasteiger partial charge in [0.1, 0.15) is 0 Å². The van der Waals surface area contributed by atoms with Crippen LogP contribution in [0.4, 0.5) is 0 Å². The molecule has 3 rings (SSSR count). The lowest BCUT2D eigenvalue weighted by Crippen LogP contribution is -2.14. The van der Waals surface area contributed by atoms with E-state index in [2.05, 4.69) is 29.2 Å². The van der Waals surface area contributed by atoms with Crippen molar-refractivity contribution < 1.29 is 4.79 Å². The summed E-state index contributed by atoms with van der Waals surface area (Å²) in [5, 5.41) is 2.16. The molecule has 2 aromatic rings. The smallest absolute Gasteiger partial charge is 0.170 e. The molecule has 0 bridgehead atoms. The van der Waals surface area contributed by atoms with Crippen LogP contribution in [0.25, 0.3) is 10.8 Å². The van der Waals surface area contributed by atoms with Crippen molar-refractivity contribution in [3.05, 3.63) is 71.5 Å². The number of ketones is 1. The molecule has 2 heteroatoms. The van der Waals surface area contributed by atoms with Gasteiger partial charge in [0, 0.05) is 31.3 Å². The summed E-state index contributed by atoms with van der Waals surface area (Å²) < 4.78 is 0. The molecule has 0 aromatic heterocycles. The van der Waals surface area contributed by atoms with Gasteiger partial charge in [0.25, 0.3) is 0 Å². The maximum Gasteiger partial charge on any atom is 0.170 e. The Labute approximate surface area is 131 Å². The Hall–Kier alpha value is -2.35. The average molecular weight is 291 g/mol. The van der Waals surface area contributed by atoms with E-state index in [1.54, 1.807) is 0 Å². The van der Waals surface area contributed by atoms with E-state index in [-0.39, 0.29) is 11.7 Å². The first-order valence-corrected chi connectivity index (χ1v) is 7.68. The Morgan fingerprint density at radius 3 is 2.55 bits per heavy atom. The van der Waals surface area contributed by atoms with Gasteiger partial charge in [-0.1, -0.05) is 61.0 Å². The molecule has 0 amide bonds. The Kier molecular flexibility index (Phi) is 3.84. The lowest BCUT2D eigenvalue weighted by molar-refractivity contribution is 0.0949. The van der Waals surface area contributed by atoms with Gasteiger partial charge < -0.3 is 4.90 Å². The van der Waals surface area contributed by atoms with Crippen LogP contribution < -0.4 is 0 Å². The van der Waals surface area contributed by atoms with E-state index >= 15 is 0 Å². The Balaban J connectivity index is 1.92. The molecule has 0 saturated carbocycles. The summed E-state index contributed by atoms with van der Waals surface area (Å²) in [5.41, 5.74) is 3.21. The molecule has 0 aliphatic heterocycles. The second kappa shape index (κ2) is 5.80. The summed E-state index contributed by atoms with van der Waals surface area (Å²) in [5.74, 6) is 0.121. The van der Waals surface area contributed by atoms with Gasteiger partial charge in [-0.15, -0.1) is 0 Å². The molecule has 2 nitrogen and oxygen atoms in total. The number of allylic oxidation sites excluding steroid dienone is 3. The summed E-state index contributed by atoms with van der Waals surface area (Å²) in [6, 6.07) is 14.0. The molecular weight excluding hydrogens is 270 g/mol. The first-order chi connectivity index (χ1) is 10.6. The quantitative estimate of drug-likeness (QED) is 0.776. The van der Waals surface area contributed by atoms with Gasteiger partial charge in [0.05, 0.1) is 0 Å². The van der Waals surface area contributed by atoms with E-state index in [0.717, 1.165) is 22.8 Å². The fourth-order valence-corrected chi connectivity index (χ4v) is 2.99. The van der Waals surface area contributed by atoms with E-state index in [4.69, 9.17) is 0 Å². The summed E-state index contributed by atoms with van der Waals surface area (Å²) in [6.07, 6.45) is 5.20. The summed E-state index contributed by atoms with van der Waals surface area (Å²) >= 11 is 0. The third kappa shape index (κ3) is 2.57. The molecule has 2 aromatic carbocycles. The summed E-state index contributed by atoms with van der Waals surface area (Å²) in [6.45, 7) is 2.02. The van der Waals surface area contributed by atoms with Crippen molar-refractivity contribution in [3.8, 4) is 0 Å². The number of nitrogens with zero attached hydrogens (tertiary/aromatic N) is 1. The number of likely N-dealkylation sites (N-methyl/N-ethyl adjacent to an activating group) is 1. The molecule has 1 aliphatic carbocycles. The molecule has 1 unspecified atom stereocenters. The van der Waals surface area contributed by atoms with Crippen LogP contribution in [0.2, 0.25) is 0 Å². The lowest BCUT2D eigenvalue weighted by atomic mass is 9.89. The highest BCUT2D eigenvalue weighted by atomic mass is 16.1. The molecular formula is C20H21NO. The molecule has 22 heavy (non-hydrogen) atoms. The second-order valence-corrected chi connectivity index (χ2v) is 6.06. The van der Waals surface area contributed by atoms with Crippen molar-refractivity contribution >= 4 is 16.6 Å². The van der Waals surface area contributed by atoms with E-state index in [1.165, 1.54) is 11.3 Å².